The van der Waals surface area contributed by atoms with Gasteiger partial charge in [-0.25, -0.2) is 0 Å². The highest BCUT2D eigenvalue weighted by Gasteiger charge is 2.16. The Labute approximate surface area is 107 Å². The summed E-state index contributed by atoms with van der Waals surface area (Å²) in [6.07, 6.45) is 0.802. The molecule has 0 aliphatic carbocycles. The van der Waals surface area contributed by atoms with Crippen molar-refractivity contribution in [2.45, 2.75) is 19.4 Å². The van der Waals surface area contributed by atoms with Crippen molar-refractivity contribution < 1.29 is 14.3 Å². The Morgan fingerprint density at radius 3 is 2.72 bits per heavy atom. The third-order valence-corrected chi connectivity index (χ3v) is 2.67. The first-order valence-electron chi connectivity index (χ1n) is 5.85. The zero-order valence-corrected chi connectivity index (χ0v) is 11.0. The second kappa shape index (κ2) is 6.86. The van der Waals surface area contributed by atoms with Gasteiger partial charge >= 0.3 is 0 Å². The molecule has 0 aliphatic rings. The summed E-state index contributed by atoms with van der Waals surface area (Å²) < 4.78 is 10.2. The Balaban J connectivity index is 2.83. The molecule has 3 N–H and O–H groups in total. The summed E-state index contributed by atoms with van der Waals surface area (Å²) in [6, 6.07) is 4.95. The van der Waals surface area contributed by atoms with E-state index >= 15 is 0 Å². The number of methoxy groups -OCH3 is 2. The number of hydrogen-bond donors (Lipinski definition) is 2. The summed E-state index contributed by atoms with van der Waals surface area (Å²) in [6.45, 7) is 2.48. The van der Waals surface area contributed by atoms with Gasteiger partial charge in [0, 0.05) is 18.9 Å². The number of rotatable bonds is 6. The van der Waals surface area contributed by atoms with E-state index in [1.807, 2.05) is 6.92 Å². The van der Waals surface area contributed by atoms with Gasteiger partial charge in [-0.3, -0.25) is 4.79 Å². The summed E-state index contributed by atoms with van der Waals surface area (Å²) in [5.41, 5.74) is 6.68. The van der Waals surface area contributed by atoms with Crippen LogP contribution in [0.4, 0.5) is 5.69 Å². The van der Waals surface area contributed by atoms with Crippen LogP contribution in [0.25, 0.3) is 0 Å². The molecule has 5 nitrogen and oxygen atoms in total. The fourth-order valence-electron chi connectivity index (χ4n) is 1.62. The maximum Gasteiger partial charge on any atom is 0.255 e. The Morgan fingerprint density at radius 2 is 2.17 bits per heavy atom. The monoisotopic (exact) mass is 252 g/mol. The Morgan fingerprint density at radius 1 is 1.44 bits per heavy atom. The van der Waals surface area contributed by atoms with E-state index < -0.39 is 0 Å². The van der Waals surface area contributed by atoms with E-state index in [1.54, 1.807) is 25.3 Å². The Bertz CT molecular complexity index is 407. The smallest absolute Gasteiger partial charge is 0.255 e. The van der Waals surface area contributed by atoms with Crippen molar-refractivity contribution in [3.8, 4) is 5.75 Å². The van der Waals surface area contributed by atoms with Gasteiger partial charge in [-0.15, -0.1) is 0 Å². The van der Waals surface area contributed by atoms with Gasteiger partial charge in [-0.2, -0.15) is 0 Å². The van der Waals surface area contributed by atoms with Crippen LogP contribution < -0.4 is 15.8 Å². The molecule has 0 bridgehead atoms. The van der Waals surface area contributed by atoms with E-state index in [4.69, 9.17) is 15.2 Å². The number of nitrogen functional groups attached to an aromatic ring is 1. The lowest BCUT2D eigenvalue weighted by Crippen LogP contribution is -2.37. The molecule has 0 aromatic heterocycles. The van der Waals surface area contributed by atoms with Crippen LogP contribution in [0.2, 0.25) is 0 Å². The molecule has 0 spiro atoms. The normalized spacial score (nSPS) is 11.9. The molecule has 1 atom stereocenters. The van der Waals surface area contributed by atoms with Gasteiger partial charge in [0.05, 0.1) is 25.3 Å². The van der Waals surface area contributed by atoms with Crippen molar-refractivity contribution in [1.82, 2.24) is 5.32 Å². The number of carbonyl (C=O) groups excluding carboxylic acids is 1. The minimum Gasteiger partial charge on any atom is -0.496 e. The number of anilines is 1. The molecule has 1 aromatic rings. The van der Waals surface area contributed by atoms with Crippen molar-refractivity contribution in [3.63, 3.8) is 0 Å². The van der Waals surface area contributed by atoms with Crippen LogP contribution in [0.15, 0.2) is 18.2 Å². The molecular weight excluding hydrogens is 232 g/mol. The summed E-state index contributed by atoms with van der Waals surface area (Å²) in [5.74, 6) is 0.288. The fourth-order valence-corrected chi connectivity index (χ4v) is 1.62. The van der Waals surface area contributed by atoms with Gasteiger partial charge in [-0.1, -0.05) is 6.92 Å². The standard InChI is InChI=1S/C13H20N2O3/c1-4-10(8-17-2)15-13(16)11-6-5-9(14)7-12(11)18-3/h5-7,10H,4,8,14H2,1-3H3,(H,15,16). The lowest BCUT2D eigenvalue weighted by atomic mass is 10.1. The average Bonchev–Trinajstić information content (AvgIpc) is 2.37. The fraction of sp³-hybridized carbons (Fsp3) is 0.462. The van der Waals surface area contributed by atoms with E-state index in [0.29, 0.717) is 23.6 Å². The first-order chi connectivity index (χ1) is 8.62. The van der Waals surface area contributed by atoms with Gasteiger partial charge in [0.2, 0.25) is 0 Å². The molecule has 0 heterocycles. The second-order valence-corrected chi connectivity index (χ2v) is 3.99. The number of ether oxygens (including phenoxy) is 2. The first kappa shape index (κ1) is 14.3. The van der Waals surface area contributed by atoms with Crippen molar-refractivity contribution in [2.24, 2.45) is 0 Å². The van der Waals surface area contributed by atoms with Gasteiger partial charge in [0.15, 0.2) is 0 Å². The van der Waals surface area contributed by atoms with Gasteiger partial charge in [0.1, 0.15) is 5.75 Å². The molecule has 1 amide bonds. The predicted molar refractivity (Wildman–Crippen MR) is 70.8 cm³/mol. The summed E-state index contributed by atoms with van der Waals surface area (Å²) in [7, 11) is 3.12. The van der Waals surface area contributed by atoms with Crippen molar-refractivity contribution in [1.29, 1.82) is 0 Å². The van der Waals surface area contributed by atoms with Crippen molar-refractivity contribution in [2.75, 3.05) is 26.6 Å². The van der Waals surface area contributed by atoms with Crippen molar-refractivity contribution in [3.05, 3.63) is 23.8 Å². The molecule has 18 heavy (non-hydrogen) atoms. The highest BCUT2D eigenvalue weighted by Crippen LogP contribution is 2.21. The quantitative estimate of drug-likeness (QED) is 0.751. The van der Waals surface area contributed by atoms with E-state index in [-0.39, 0.29) is 11.9 Å². The molecule has 1 rings (SSSR count). The molecule has 100 valence electrons. The summed E-state index contributed by atoms with van der Waals surface area (Å²) in [5, 5.41) is 2.89. The van der Waals surface area contributed by atoms with Gasteiger partial charge < -0.3 is 20.5 Å². The van der Waals surface area contributed by atoms with Crippen LogP contribution in [0.3, 0.4) is 0 Å². The first-order valence-corrected chi connectivity index (χ1v) is 5.85. The second-order valence-electron chi connectivity index (χ2n) is 3.99. The Hall–Kier alpha value is -1.75. The average molecular weight is 252 g/mol. The van der Waals surface area contributed by atoms with Crippen LogP contribution in [0, 0.1) is 0 Å². The zero-order valence-electron chi connectivity index (χ0n) is 11.0. The molecule has 0 saturated heterocycles. The predicted octanol–water partition coefficient (Wildman–Crippen LogP) is 1.43. The maximum absolute atomic E-state index is 12.1. The van der Waals surface area contributed by atoms with E-state index in [1.165, 1.54) is 7.11 Å². The topological polar surface area (TPSA) is 73.6 Å². The van der Waals surface area contributed by atoms with Crippen LogP contribution in [-0.2, 0) is 4.74 Å². The number of amides is 1. The number of benzene rings is 1. The summed E-state index contributed by atoms with van der Waals surface area (Å²) in [4.78, 5) is 12.1. The number of nitrogens with two attached hydrogens (primary N) is 1. The zero-order chi connectivity index (χ0) is 13.5. The summed E-state index contributed by atoms with van der Waals surface area (Å²) >= 11 is 0. The molecular formula is C13H20N2O3. The SMILES string of the molecule is CCC(COC)NC(=O)c1ccc(N)cc1OC. The lowest BCUT2D eigenvalue weighted by Gasteiger charge is -2.17. The molecule has 1 unspecified atom stereocenters. The van der Waals surface area contributed by atoms with Gasteiger partial charge in [0.25, 0.3) is 5.91 Å². The highest BCUT2D eigenvalue weighted by atomic mass is 16.5. The van der Waals surface area contributed by atoms with Crippen LogP contribution in [-0.4, -0.2) is 32.8 Å². The Kier molecular flexibility index (Phi) is 5.45. The van der Waals surface area contributed by atoms with Crippen molar-refractivity contribution >= 4 is 11.6 Å². The number of hydrogen-bond acceptors (Lipinski definition) is 4. The molecule has 5 heteroatoms. The van der Waals surface area contributed by atoms with E-state index in [9.17, 15) is 4.79 Å². The molecule has 0 fully saturated rings. The maximum atomic E-state index is 12.1. The molecule has 0 aliphatic heterocycles. The molecule has 1 aromatic carbocycles. The third-order valence-electron chi connectivity index (χ3n) is 2.67. The lowest BCUT2D eigenvalue weighted by molar-refractivity contribution is 0.0891. The van der Waals surface area contributed by atoms with Crippen LogP contribution in [0.5, 0.6) is 5.75 Å². The highest BCUT2D eigenvalue weighted by molar-refractivity contribution is 5.97. The van der Waals surface area contributed by atoms with Gasteiger partial charge in [-0.05, 0) is 18.6 Å². The third kappa shape index (κ3) is 3.63. The molecule has 0 radical (unpaired) electrons. The van der Waals surface area contributed by atoms with E-state index in [2.05, 4.69) is 5.32 Å². The minimum absolute atomic E-state index is 0.00948. The number of nitrogens with one attached hydrogen (secondary N) is 1. The van der Waals surface area contributed by atoms with Crippen LogP contribution >= 0.6 is 0 Å². The number of carbonyl (C=O) groups is 1. The molecule has 0 saturated carbocycles. The minimum atomic E-state index is -0.184. The van der Waals surface area contributed by atoms with E-state index in [0.717, 1.165) is 6.42 Å². The largest absolute Gasteiger partial charge is 0.496 e. The van der Waals surface area contributed by atoms with Crippen LogP contribution in [0.1, 0.15) is 23.7 Å².